The topological polar surface area (TPSA) is 144 Å². The minimum atomic E-state index is -0.446. The number of nitrogens with one attached hydrogen (secondary N) is 1. The van der Waals surface area contributed by atoms with E-state index in [4.69, 9.17) is 27.5 Å². The zero-order chi connectivity index (χ0) is 23.1. The van der Waals surface area contributed by atoms with E-state index in [0.717, 1.165) is 16.9 Å². The van der Waals surface area contributed by atoms with Crippen LogP contribution in [0.3, 0.4) is 0 Å². The van der Waals surface area contributed by atoms with Gasteiger partial charge in [-0.1, -0.05) is 29.8 Å². The number of hydrogen-bond donors (Lipinski definition) is 3. The molecule has 1 amide bonds. The van der Waals surface area contributed by atoms with E-state index in [-0.39, 0.29) is 21.9 Å². The number of thiophene rings is 1. The number of fused-ring (bicyclic) bond motifs is 1. The quantitative estimate of drug-likeness (QED) is 0.295. The molecule has 5 aromatic rings. The maximum absolute atomic E-state index is 13.1. The monoisotopic (exact) mass is 492 g/mol. The zero-order valence-electron chi connectivity index (χ0n) is 16.6. The number of carbonyl (C=O) groups is 1. The van der Waals surface area contributed by atoms with Crippen molar-refractivity contribution >= 4 is 67.0 Å². The summed E-state index contributed by atoms with van der Waals surface area (Å²) in [6.45, 7) is 0. The highest BCUT2D eigenvalue weighted by molar-refractivity contribution is 7.21. The minimum Gasteiger partial charge on any atom is -0.464 e. The van der Waals surface area contributed by atoms with Gasteiger partial charge in [-0.05, 0) is 18.2 Å². The molecule has 0 bridgehead atoms. The predicted molar refractivity (Wildman–Crippen MR) is 131 cm³/mol. The number of pyridine rings is 1. The number of anilines is 3. The van der Waals surface area contributed by atoms with Crippen LogP contribution in [0, 0.1) is 11.3 Å². The predicted octanol–water partition coefficient (Wildman–Crippen LogP) is 5.62. The Bertz CT molecular complexity index is 1570. The van der Waals surface area contributed by atoms with Crippen molar-refractivity contribution < 1.29 is 9.21 Å². The minimum absolute atomic E-state index is 0.0360. The van der Waals surface area contributed by atoms with Gasteiger partial charge in [0.05, 0.1) is 23.2 Å². The third-order valence-corrected chi connectivity index (χ3v) is 7.05. The number of hydrogen-bond acceptors (Lipinski definition) is 9. The first-order valence-electron chi connectivity index (χ1n) is 9.45. The van der Waals surface area contributed by atoms with Crippen molar-refractivity contribution in [1.82, 2.24) is 9.97 Å². The largest absolute Gasteiger partial charge is 0.464 e. The summed E-state index contributed by atoms with van der Waals surface area (Å²) in [4.78, 5) is 22.5. The number of benzene rings is 1. The number of halogens is 1. The summed E-state index contributed by atoms with van der Waals surface area (Å²) < 4.78 is 5.49. The average molecular weight is 493 g/mol. The van der Waals surface area contributed by atoms with Gasteiger partial charge >= 0.3 is 0 Å². The van der Waals surface area contributed by atoms with Crippen LogP contribution in [0.1, 0.15) is 15.2 Å². The first kappa shape index (κ1) is 21.0. The van der Waals surface area contributed by atoms with Gasteiger partial charge in [0.15, 0.2) is 5.13 Å². The number of nitrogens with two attached hydrogens (primary N) is 2. The van der Waals surface area contributed by atoms with Crippen molar-refractivity contribution in [3.63, 3.8) is 0 Å². The number of furan rings is 1. The normalized spacial score (nSPS) is 10.9. The standard InChI is InChI=1S/C22H13ClN6O2S2/c23-12-5-2-1-4-10(12)13-9-32-22(27-13)29-20(30)18-17(25)16-15(14-6-3-7-31-14)11(8-24)19(26)28-21(16)33-18/h1-7,9H,25H2,(H2,26,28)(H,27,29,30). The molecule has 162 valence electrons. The smallest absolute Gasteiger partial charge is 0.269 e. The van der Waals surface area contributed by atoms with Gasteiger partial charge in [-0.15, -0.1) is 22.7 Å². The van der Waals surface area contributed by atoms with E-state index in [0.29, 0.717) is 37.4 Å². The molecule has 0 saturated carbocycles. The van der Waals surface area contributed by atoms with Crippen LogP contribution in [-0.2, 0) is 0 Å². The van der Waals surface area contributed by atoms with Crippen LogP contribution in [-0.4, -0.2) is 15.9 Å². The number of nitriles is 1. The third kappa shape index (κ3) is 3.58. The van der Waals surface area contributed by atoms with Gasteiger partial charge in [-0.3, -0.25) is 10.1 Å². The van der Waals surface area contributed by atoms with Crippen molar-refractivity contribution in [3.05, 3.63) is 63.5 Å². The average Bonchev–Trinajstić information content (AvgIpc) is 3.54. The molecule has 0 radical (unpaired) electrons. The second-order valence-corrected chi connectivity index (χ2v) is 9.10. The Morgan fingerprint density at radius 2 is 2.00 bits per heavy atom. The summed E-state index contributed by atoms with van der Waals surface area (Å²) in [6.07, 6.45) is 1.48. The summed E-state index contributed by atoms with van der Waals surface area (Å²) in [5.41, 5.74) is 14.5. The fourth-order valence-electron chi connectivity index (χ4n) is 3.40. The third-order valence-electron chi connectivity index (χ3n) is 4.86. The SMILES string of the molecule is N#Cc1c(N)nc2sc(C(=O)Nc3nc(-c4ccccc4Cl)cs3)c(N)c2c1-c1ccco1. The van der Waals surface area contributed by atoms with Gasteiger partial charge < -0.3 is 15.9 Å². The molecule has 0 aliphatic carbocycles. The Hall–Kier alpha value is -3.91. The lowest BCUT2D eigenvalue weighted by Gasteiger charge is -2.06. The van der Waals surface area contributed by atoms with E-state index < -0.39 is 5.91 Å². The Balaban J connectivity index is 1.54. The summed E-state index contributed by atoms with van der Waals surface area (Å²) in [5.74, 6) is -0.00152. The summed E-state index contributed by atoms with van der Waals surface area (Å²) in [5, 5.41) is 15.6. The second-order valence-electron chi connectivity index (χ2n) is 6.83. The summed E-state index contributed by atoms with van der Waals surface area (Å²) in [7, 11) is 0. The molecule has 0 aliphatic heterocycles. The van der Waals surface area contributed by atoms with Crippen LogP contribution >= 0.6 is 34.3 Å². The molecule has 0 unspecified atom stereocenters. The number of carbonyl (C=O) groups excluding carboxylic acids is 1. The lowest BCUT2D eigenvalue weighted by molar-refractivity contribution is 0.103. The molecule has 0 fully saturated rings. The van der Waals surface area contributed by atoms with Crippen LogP contribution in [0.25, 0.3) is 32.8 Å². The van der Waals surface area contributed by atoms with E-state index in [1.165, 1.54) is 17.6 Å². The van der Waals surface area contributed by atoms with E-state index >= 15 is 0 Å². The fourth-order valence-corrected chi connectivity index (χ4v) is 5.34. The maximum atomic E-state index is 13.1. The van der Waals surface area contributed by atoms with Gasteiger partial charge in [0, 0.05) is 21.4 Å². The number of nitrogen functional groups attached to an aromatic ring is 2. The van der Waals surface area contributed by atoms with Gasteiger partial charge in [0.1, 0.15) is 32.9 Å². The van der Waals surface area contributed by atoms with Gasteiger partial charge in [-0.2, -0.15) is 5.26 Å². The van der Waals surface area contributed by atoms with E-state index in [1.807, 2.05) is 23.6 Å². The molecule has 4 aromatic heterocycles. The lowest BCUT2D eigenvalue weighted by Crippen LogP contribution is -2.11. The Morgan fingerprint density at radius 3 is 2.73 bits per heavy atom. The van der Waals surface area contributed by atoms with E-state index in [1.54, 1.807) is 18.2 Å². The van der Waals surface area contributed by atoms with Crippen LogP contribution in [0.4, 0.5) is 16.6 Å². The van der Waals surface area contributed by atoms with Crippen LogP contribution < -0.4 is 16.8 Å². The van der Waals surface area contributed by atoms with E-state index in [2.05, 4.69) is 21.4 Å². The van der Waals surface area contributed by atoms with Gasteiger partial charge in [0.25, 0.3) is 5.91 Å². The molecule has 4 heterocycles. The van der Waals surface area contributed by atoms with Crippen LogP contribution in [0.5, 0.6) is 0 Å². The summed E-state index contributed by atoms with van der Waals surface area (Å²) >= 11 is 8.59. The first-order chi connectivity index (χ1) is 16.0. The number of aromatic nitrogens is 2. The van der Waals surface area contributed by atoms with Crippen LogP contribution in [0.2, 0.25) is 5.02 Å². The molecule has 0 spiro atoms. The van der Waals surface area contributed by atoms with Crippen molar-refractivity contribution in [2.45, 2.75) is 0 Å². The Morgan fingerprint density at radius 1 is 1.18 bits per heavy atom. The fraction of sp³-hybridized carbons (Fsp3) is 0. The molecule has 1 aromatic carbocycles. The molecule has 0 atom stereocenters. The zero-order valence-corrected chi connectivity index (χ0v) is 19.0. The number of nitrogens with zero attached hydrogens (tertiary/aromatic N) is 3. The molecule has 8 nitrogen and oxygen atoms in total. The second kappa shape index (κ2) is 8.22. The molecule has 11 heteroatoms. The van der Waals surface area contributed by atoms with E-state index in [9.17, 15) is 10.1 Å². The number of amides is 1. The molecule has 5 N–H and O–H groups in total. The molecular weight excluding hydrogens is 480 g/mol. The van der Waals surface area contributed by atoms with Crippen molar-refractivity contribution in [2.75, 3.05) is 16.8 Å². The Kier molecular flexibility index (Phi) is 5.22. The number of rotatable bonds is 4. The highest BCUT2D eigenvalue weighted by atomic mass is 35.5. The highest BCUT2D eigenvalue weighted by Crippen LogP contribution is 2.43. The first-order valence-corrected chi connectivity index (χ1v) is 11.5. The van der Waals surface area contributed by atoms with Crippen molar-refractivity contribution in [2.24, 2.45) is 0 Å². The van der Waals surface area contributed by atoms with Gasteiger partial charge in [-0.25, -0.2) is 9.97 Å². The molecule has 33 heavy (non-hydrogen) atoms. The van der Waals surface area contributed by atoms with Gasteiger partial charge in [0.2, 0.25) is 0 Å². The van der Waals surface area contributed by atoms with Crippen molar-refractivity contribution in [1.29, 1.82) is 5.26 Å². The molecule has 5 rings (SSSR count). The van der Waals surface area contributed by atoms with Crippen molar-refractivity contribution in [3.8, 4) is 28.7 Å². The molecule has 0 saturated heterocycles. The van der Waals surface area contributed by atoms with Crippen LogP contribution in [0.15, 0.2) is 52.5 Å². The summed E-state index contributed by atoms with van der Waals surface area (Å²) in [6, 6.07) is 12.8. The molecule has 0 aliphatic rings. The lowest BCUT2D eigenvalue weighted by atomic mass is 10.0. The highest BCUT2D eigenvalue weighted by Gasteiger charge is 2.25. The molecular formula is C22H13ClN6O2S2. The maximum Gasteiger partial charge on any atom is 0.269 e. The Labute approximate surface area is 200 Å². The number of thiazole rings is 1.